The molecule has 0 heterocycles. The van der Waals surface area contributed by atoms with Gasteiger partial charge < -0.3 is 0 Å². The summed E-state index contributed by atoms with van der Waals surface area (Å²) >= 11 is 0. The van der Waals surface area contributed by atoms with Crippen LogP contribution in [-0.4, -0.2) is 32.7 Å². The average Bonchev–Trinajstić information content (AvgIpc) is 2.01. The lowest BCUT2D eigenvalue weighted by molar-refractivity contribution is -0.886. The molecular weight excluding hydrogens is 152 g/mol. The first-order valence-corrected chi connectivity index (χ1v) is 3.91. The van der Waals surface area contributed by atoms with Crippen LogP contribution in [0.2, 0.25) is 0 Å². The van der Waals surface area contributed by atoms with E-state index in [0.717, 1.165) is 5.57 Å². The van der Waals surface area contributed by atoms with Gasteiger partial charge in [0.25, 0.3) is 0 Å². The maximum Gasteiger partial charge on any atom is 0.232 e. The molecule has 0 fully saturated rings. The van der Waals surface area contributed by atoms with Crippen LogP contribution in [0.1, 0.15) is 13.8 Å². The summed E-state index contributed by atoms with van der Waals surface area (Å²) in [5, 5.41) is 0. The fraction of sp³-hybridized carbons (Fsp3) is 0.556. The molecule has 0 aromatic rings. The Morgan fingerprint density at radius 3 is 2.25 bits per heavy atom. The van der Waals surface area contributed by atoms with Gasteiger partial charge in [-0.25, -0.2) is 0 Å². The fourth-order valence-corrected chi connectivity index (χ4v) is 0.751. The number of halogens is 1. The highest BCUT2D eigenvalue weighted by Crippen LogP contribution is 2.18. The van der Waals surface area contributed by atoms with E-state index in [1.165, 1.54) is 6.92 Å². The molecule has 0 bridgehead atoms. The maximum atomic E-state index is 13.1. The number of allylic oxidation sites excluding steroid dienone is 2. The molecule has 66 valence electrons. The summed E-state index contributed by atoms with van der Waals surface area (Å²) in [6.07, 6.45) is 0.623. The van der Waals surface area contributed by atoms with Crippen molar-refractivity contribution in [2.45, 2.75) is 20.1 Å². The second-order valence-corrected chi connectivity index (χ2v) is 3.39. The van der Waals surface area contributed by atoms with Crippen LogP contribution in [0.4, 0.5) is 4.39 Å². The summed E-state index contributed by atoms with van der Waals surface area (Å²) in [7, 11) is 9.21. The molecule has 0 aliphatic rings. The lowest BCUT2D eigenvalue weighted by atomic mass is 9.95. The SMILES string of the molecule is [B]/C(=C(\C)C=C)[N+](C)(C)[C@H](C)F. The van der Waals surface area contributed by atoms with Gasteiger partial charge in [0.1, 0.15) is 0 Å². The quantitative estimate of drug-likeness (QED) is 0.261. The molecule has 0 spiro atoms. The van der Waals surface area contributed by atoms with Crippen molar-refractivity contribution in [2.75, 3.05) is 14.1 Å². The van der Waals surface area contributed by atoms with Crippen molar-refractivity contribution in [3.63, 3.8) is 0 Å². The van der Waals surface area contributed by atoms with Crippen LogP contribution in [0.5, 0.6) is 0 Å². The van der Waals surface area contributed by atoms with Crippen LogP contribution >= 0.6 is 0 Å². The molecule has 0 aromatic heterocycles. The summed E-state index contributed by atoms with van der Waals surface area (Å²) in [6.45, 7) is 6.90. The maximum absolute atomic E-state index is 13.1. The Hall–Kier alpha value is -0.565. The molecule has 0 unspecified atom stereocenters. The zero-order chi connectivity index (χ0) is 9.94. The largest absolute Gasteiger partial charge is 0.281 e. The minimum absolute atomic E-state index is 0.0534. The van der Waals surface area contributed by atoms with Crippen molar-refractivity contribution in [1.82, 2.24) is 0 Å². The Morgan fingerprint density at radius 2 is 2.00 bits per heavy atom. The van der Waals surface area contributed by atoms with Crippen molar-refractivity contribution in [1.29, 1.82) is 0 Å². The fourth-order valence-electron chi connectivity index (χ4n) is 0.751. The molecule has 0 saturated heterocycles. The van der Waals surface area contributed by atoms with E-state index in [0.29, 0.717) is 5.60 Å². The summed E-state index contributed by atoms with van der Waals surface area (Å²) in [5.74, 6) is 0. The normalized spacial score (nSPS) is 16.8. The Balaban J connectivity index is 4.91. The van der Waals surface area contributed by atoms with E-state index in [9.17, 15) is 4.39 Å². The van der Waals surface area contributed by atoms with Crippen LogP contribution in [0.3, 0.4) is 0 Å². The Morgan fingerprint density at radius 1 is 1.58 bits per heavy atom. The molecule has 1 atom stereocenters. The van der Waals surface area contributed by atoms with E-state index in [-0.39, 0.29) is 4.48 Å². The number of hydrogen-bond acceptors (Lipinski definition) is 0. The smallest absolute Gasteiger partial charge is 0.232 e. The molecule has 0 aliphatic heterocycles. The van der Waals surface area contributed by atoms with Gasteiger partial charge in [0.05, 0.1) is 19.7 Å². The summed E-state index contributed by atoms with van der Waals surface area (Å²) in [6, 6.07) is 0. The van der Waals surface area contributed by atoms with Crippen molar-refractivity contribution in [3.8, 4) is 0 Å². The van der Waals surface area contributed by atoms with Gasteiger partial charge in [-0.1, -0.05) is 12.7 Å². The third kappa shape index (κ3) is 2.21. The van der Waals surface area contributed by atoms with E-state index < -0.39 is 6.30 Å². The third-order valence-electron chi connectivity index (χ3n) is 2.22. The summed E-state index contributed by atoms with van der Waals surface area (Å²) in [4.78, 5) is 0. The van der Waals surface area contributed by atoms with Gasteiger partial charge in [-0.15, -0.1) is 0 Å². The van der Waals surface area contributed by atoms with Gasteiger partial charge in [0, 0.05) is 6.92 Å². The molecule has 0 aromatic carbocycles. The minimum atomic E-state index is -1.01. The molecular formula is C9H16BFN+. The van der Waals surface area contributed by atoms with Crippen LogP contribution in [-0.2, 0) is 0 Å². The van der Waals surface area contributed by atoms with Crippen molar-refractivity contribution in [2.24, 2.45) is 0 Å². The zero-order valence-corrected chi connectivity index (χ0v) is 8.26. The Labute approximate surface area is 75.6 Å². The van der Waals surface area contributed by atoms with Crippen molar-refractivity contribution in [3.05, 3.63) is 23.8 Å². The van der Waals surface area contributed by atoms with Gasteiger partial charge >= 0.3 is 0 Å². The van der Waals surface area contributed by atoms with Crippen LogP contribution in [0.25, 0.3) is 0 Å². The first-order valence-electron chi connectivity index (χ1n) is 3.91. The molecule has 0 amide bonds. The lowest BCUT2D eigenvalue weighted by Crippen LogP contribution is -2.44. The number of hydrogen-bond donors (Lipinski definition) is 0. The highest BCUT2D eigenvalue weighted by Gasteiger charge is 2.25. The summed E-state index contributed by atoms with van der Waals surface area (Å²) < 4.78 is 13.1. The van der Waals surface area contributed by atoms with E-state index in [1.54, 1.807) is 20.2 Å². The number of nitrogens with zero attached hydrogens (tertiary/aromatic N) is 1. The molecule has 12 heavy (non-hydrogen) atoms. The van der Waals surface area contributed by atoms with Crippen LogP contribution in [0.15, 0.2) is 23.8 Å². The van der Waals surface area contributed by atoms with Gasteiger partial charge in [0.15, 0.2) is 7.85 Å². The van der Waals surface area contributed by atoms with Crippen molar-refractivity contribution < 1.29 is 8.87 Å². The minimum Gasteiger partial charge on any atom is -0.281 e. The highest BCUT2D eigenvalue weighted by molar-refractivity contribution is 6.20. The number of quaternary nitrogens is 1. The molecule has 0 N–H and O–H groups in total. The van der Waals surface area contributed by atoms with Gasteiger partial charge in [-0.05, 0) is 12.5 Å². The van der Waals surface area contributed by atoms with E-state index in [2.05, 4.69) is 6.58 Å². The lowest BCUT2D eigenvalue weighted by Gasteiger charge is -2.33. The van der Waals surface area contributed by atoms with Gasteiger partial charge in [0.2, 0.25) is 6.30 Å². The molecule has 1 nitrogen and oxygen atoms in total. The zero-order valence-electron chi connectivity index (χ0n) is 8.26. The second kappa shape index (κ2) is 3.90. The Kier molecular flexibility index (Phi) is 3.72. The summed E-state index contributed by atoms with van der Waals surface area (Å²) in [5.41, 5.74) is 1.34. The van der Waals surface area contributed by atoms with E-state index in [4.69, 9.17) is 7.85 Å². The van der Waals surface area contributed by atoms with Crippen LogP contribution < -0.4 is 0 Å². The topological polar surface area (TPSA) is 0 Å². The molecule has 2 radical (unpaired) electrons. The standard InChI is InChI=1S/C9H16BFN/c1-6-7(2)9(10)12(4,5)8(3)11/h6,8H,1H2,2-5H3/q+1/b9-7-/t8-/m1/s1. The molecule has 0 saturated carbocycles. The first kappa shape index (κ1) is 11.4. The predicted octanol–water partition coefficient (Wildman–Crippen LogP) is 1.96. The second-order valence-electron chi connectivity index (χ2n) is 3.39. The monoisotopic (exact) mass is 168 g/mol. The molecule has 0 rings (SSSR count). The highest BCUT2D eigenvalue weighted by atomic mass is 19.1. The first-order chi connectivity index (χ1) is 5.34. The van der Waals surface area contributed by atoms with Crippen LogP contribution in [0, 0.1) is 0 Å². The van der Waals surface area contributed by atoms with Gasteiger partial charge in [-0.2, -0.15) is 4.39 Å². The number of rotatable bonds is 3. The third-order valence-corrected chi connectivity index (χ3v) is 2.22. The van der Waals surface area contributed by atoms with Crippen molar-refractivity contribution >= 4 is 7.85 Å². The van der Waals surface area contributed by atoms with Gasteiger partial charge in [-0.3, -0.25) is 4.48 Å². The van der Waals surface area contributed by atoms with E-state index >= 15 is 0 Å². The number of alkyl halides is 1. The molecule has 0 aliphatic carbocycles. The predicted molar refractivity (Wildman–Crippen MR) is 51.3 cm³/mol. The van der Waals surface area contributed by atoms with E-state index in [1.807, 2.05) is 6.92 Å². The Bertz CT molecular complexity index is 207. The molecule has 3 heteroatoms. The average molecular weight is 168 g/mol.